The Labute approximate surface area is 124 Å². The summed E-state index contributed by atoms with van der Waals surface area (Å²) in [5, 5.41) is 0. The first-order valence-corrected chi connectivity index (χ1v) is 7.12. The van der Waals surface area contributed by atoms with E-state index in [1.54, 1.807) is 0 Å². The fourth-order valence-corrected chi connectivity index (χ4v) is 2.84. The van der Waals surface area contributed by atoms with Crippen molar-refractivity contribution in [2.24, 2.45) is 0 Å². The van der Waals surface area contributed by atoms with Gasteiger partial charge in [0.2, 0.25) is 0 Å². The normalized spacial score (nSPS) is 11.0. The molecule has 1 heterocycles. The molecule has 0 aliphatic carbocycles. The first-order chi connectivity index (χ1) is 8.66. The van der Waals surface area contributed by atoms with Crippen LogP contribution in [0.4, 0.5) is 0 Å². The monoisotopic (exact) mass is 366 g/mol. The van der Waals surface area contributed by atoms with Crippen LogP contribution in [0.25, 0.3) is 16.7 Å². The van der Waals surface area contributed by atoms with Gasteiger partial charge < -0.3 is 4.98 Å². The third-order valence-corrected chi connectivity index (χ3v) is 4.45. The van der Waals surface area contributed by atoms with Gasteiger partial charge in [-0.3, -0.25) is 4.57 Å². The van der Waals surface area contributed by atoms with Crippen LogP contribution in [0.2, 0.25) is 0 Å². The molecule has 1 aromatic heterocycles. The molecule has 90 valence electrons. The van der Waals surface area contributed by atoms with Gasteiger partial charge in [-0.1, -0.05) is 18.2 Å². The number of H-pyrrole nitrogens is 1. The van der Waals surface area contributed by atoms with Crippen LogP contribution in [-0.2, 0) is 0 Å². The van der Waals surface area contributed by atoms with Crippen LogP contribution in [0.3, 0.4) is 0 Å². The van der Waals surface area contributed by atoms with E-state index >= 15 is 0 Å². The molecule has 3 rings (SSSR count). The lowest BCUT2D eigenvalue weighted by atomic mass is 10.2. The minimum atomic E-state index is 0.732. The highest BCUT2D eigenvalue weighted by Gasteiger charge is 2.06. The molecular weight excluding hydrogens is 355 g/mol. The average molecular weight is 366 g/mol. The number of benzene rings is 2. The summed E-state index contributed by atoms with van der Waals surface area (Å²) in [7, 11) is 0. The molecule has 0 fully saturated rings. The number of nitrogens with zero attached hydrogens (tertiary/aromatic N) is 1. The Bertz CT molecular complexity index is 786. The topological polar surface area (TPSA) is 20.7 Å². The third-order valence-electron chi connectivity index (χ3n) is 3.00. The fraction of sp³-hybridized carbons (Fsp3) is 0.0714. The highest BCUT2D eigenvalue weighted by molar-refractivity contribution is 14.1. The Morgan fingerprint density at radius 2 is 1.94 bits per heavy atom. The molecule has 0 unspecified atom stereocenters. The molecular formula is C14H11IN2S. The van der Waals surface area contributed by atoms with E-state index in [1.807, 2.05) is 18.2 Å². The van der Waals surface area contributed by atoms with Gasteiger partial charge in [-0.05, 0) is 71.6 Å². The molecule has 1 N–H and O–H groups in total. The molecule has 0 aliphatic rings. The van der Waals surface area contributed by atoms with E-state index in [-0.39, 0.29) is 0 Å². The van der Waals surface area contributed by atoms with Crippen molar-refractivity contribution < 1.29 is 0 Å². The number of hydrogen-bond acceptors (Lipinski definition) is 1. The second kappa shape index (κ2) is 4.51. The van der Waals surface area contributed by atoms with E-state index < -0.39 is 0 Å². The zero-order valence-electron chi connectivity index (χ0n) is 9.77. The lowest BCUT2D eigenvalue weighted by Gasteiger charge is -2.06. The summed E-state index contributed by atoms with van der Waals surface area (Å²) in [4.78, 5) is 3.23. The molecule has 2 nitrogen and oxygen atoms in total. The van der Waals surface area contributed by atoms with Crippen molar-refractivity contribution in [3.05, 3.63) is 56.4 Å². The number of aromatic amines is 1. The number of aryl methyl sites for hydroxylation is 1. The number of rotatable bonds is 1. The van der Waals surface area contributed by atoms with Crippen LogP contribution in [0.15, 0.2) is 42.5 Å². The summed E-state index contributed by atoms with van der Waals surface area (Å²) in [5.74, 6) is 0. The van der Waals surface area contributed by atoms with E-state index in [0.29, 0.717) is 0 Å². The van der Waals surface area contributed by atoms with Gasteiger partial charge in [0.25, 0.3) is 0 Å². The van der Waals surface area contributed by atoms with Gasteiger partial charge in [-0.25, -0.2) is 0 Å². The van der Waals surface area contributed by atoms with E-state index in [1.165, 1.54) is 9.13 Å². The summed E-state index contributed by atoms with van der Waals surface area (Å²) in [6, 6.07) is 14.5. The van der Waals surface area contributed by atoms with Crippen LogP contribution in [0.5, 0.6) is 0 Å². The van der Waals surface area contributed by atoms with Gasteiger partial charge in [0.05, 0.1) is 11.0 Å². The minimum Gasteiger partial charge on any atom is -0.330 e. The van der Waals surface area contributed by atoms with Gasteiger partial charge in [0.15, 0.2) is 4.77 Å². The zero-order valence-corrected chi connectivity index (χ0v) is 12.7. The predicted molar refractivity (Wildman–Crippen MR) is 85.9 cm³/mol. The van der Waals surface area contributed by atoms with Crippen LogP contribution < -0.4 is 0 Å². The van der Waals surface area contributed by atoms with Crippen molar-refractivity contribution >= 4 is 45.8 Å². The molecule has 3 aromatic rings. The number of para-hydroxylation sites is 2. The van der Waals surface area contributed by atoms with Gasteiger partial charge in [0, 0.05) is 9.26 Å². The first kappa shape index (κ1) is 11.9. The molecule has 0 atom stereocenters. The van der Waals surface area contributed by atoms with Gasteiger partial charge in [-0.2, -0.15) is 0 Å². The molecule has 18 heavy (non-hydrogen) atoms. The van der Waals surface area contributed by atoms with E-state index in [2.05, 4.69) is 63.3 Å². The zero-order chi connectivity index (χ0) is 12.7. The predicted octanol–water partition coefficient (Wildman–Crippen LogP) is 4.60. The van der Waals surface area contributed by atoms with Crippen molar-refractivity contribution in [2.75, 3.05) is 0 Å². The van der Waals surface area contributed by atoms with Gasteiger partial charge in [0.1, 0.15) is 0 Å². The lowest BCUT2D eigenvalue weighted by Crippen LogP contribution is -1.95. The second-order valence-electron chi connectivity index (χ2n) is 4.22. The first-order valence-electron chi connectivity index (χ1n) is 5.63. The van der Waals surface area contributed by atoms with Gasteiger partial charge >= 0.3 is 0 Å². The number of hydrogen-bond donors (Lipinski definition) is 1. The number of fused-ring (bicyclic) bond motifs is 1. The summed E-state index contributed by atoms with van der Waals surface area (Å²) >= 11 is 7.77. The van der Waals surface area contributed by atoms with E-state index in [9.17, 15) is 0 Å². The van der Waals surface area contributed by atoms with Crippen LogP contribution >= 0.6 is 34.8 Å². The highest BCUT2D eigenvalue weighted by Crippen LogP contribution is 2.22. The lowest BCUT2D eigenvalue weighted by molar-refractivity contribution is 1.06. The average Bonchev–Trinajstić information content (AvgIpc) is 2.69. The maximum absolute atomic E-state index is 5.42. The Hall–Kier alpha value is -1.14. The minimum absolute atomic E-state index is 0.732. The van der Waals surface area contributed by atoms with Crippen molar-refractivity contribution in [1.82, 2.24) is 9.55 Å². The Morgan fingerprint density at radius 1 is 1.17 bits per heavy atom. The van der Waals surface area contributed by atoms with E-state index in [4.69, 9.17) is 12.2 Å². The number of nitrogens with one attached hydrogen (secondary N) is 1. The van der Waals surface area contributed by atoms with Crippen LogP contribution in [0, 0.1) is 15.3 Å². The van der Waals surface area contributed by atoms with Crippen molar-refractivity contribution in [3.8, 4) is 5.69 Å². The SMILES string of the molecule is Cc1ccc(-n2c(=S)[nH]c3ccccc32)cc1I. The summed E-state index contributed by atoms with van der Waals surface area (Å²) < 4.78 is 4.06. The quantitative estimate of drug-likeness (QED) is 0.493. The van der Waals surface area contributed by atoms with Crippen LogP contribution in [-0.4, -0.2) is 9.55 Å². The maximum atomic E-state index is 5.42. The molecule has 0 spiro atoms. The maximum Gasteiger partial charge on any atom is 0.182 e. The smallest absolute Gasteiger partial charge is 0.182 e. The summed E-state index contributed by atoms with van der Waals surface area (Å²) in [6.45, 7) is 2.11. The van der Waals surface area contributed by atoms with Crippen molar-refractivity contribution in [1.29, 1.82) is 0 Å². The third kappa shape index (κ3) is 1.89. The molecule has 2 aromatic carbocycles. The second-order valence-corrected chi connectivity index (χ2v) is 5.77. The van der Waals surface area contributed by atoms with Crippen molar-refractivity contribution in [2.45, 2.75) is 6.92 Å². The fourth-order valence-electron chi connectivity index (χ4n) is 2.03. The van der Waals surface area contributed by atoms with Gasteiger partial charge in [-0.15, -0.1) is 0 Å². The molecule has 4 heteroatoms. The number of imidazole rings is 1. The molecule has 0 bridgehead atoms. The van der Waals surface area contributed by atoms with E-state index in [0.717, 1.165) is 21.5 Å². The van der Waals surface area contributed by atoms with Crippen molar-refractivity contribution in [3.63, 3.8) is 0 Å². The number of halogens is 1. The number of aromatic nitrogens is 2. The standard InChI is InChI=1S/C14H11IN2S/c1-9-6-7-10(8-11(9)15)17-13-5-3-2-4-12(13)16-14(17)18/h2-8H,1H3,(H,16,18). The molecule has 0 amide bonds. The Morgan fingerprint density at radius 3 is 2.72 bits per heavy atom. The molecule has 0 aliphatic heterocycles. The molecule has 0 saturated carbocycles. The Balaban J connectivity index is 2.34. The van der Waals surface area contributed by atoms with Crippen LogP contribution in [0.1, 0.15) is 5.56 Å². The summed E-state index contributed by atoms with van der Waals surface area (Å²) in [6.07, 6.45) is 0. The summed E-state index contributed by atoms with van der Waals surface area (Å²) in [5.41, 5.74) is 4.57. The molecule has 0 saturated heterocycles. The molecule has 0 radical (unpaired) electrons. The Kier molecular flexibility index (Phi) is 2.99. The largest absolute Gasteiger partial charge is 0.330 e. The highest BCUT2D eigenvalue weighted by atomic mass is 127.